The SMILES string of the molecule is CCNC(=O)C1Cc2ccccc2N1C(=O)C(CC)c1ccccc1. The lowest BCUT2D eigenvalue weighted by atomic mass is 9.94. The van der Waals surface area contributed by atoms with Gasteiger partial charge in [0, 0.05) is 18.7 Å². The van der Waals surface area contributed by atoms with Crippen LogP contribution in [0.1, 0.15) is 37.3 Å². The summed E-state index contributed by atoms with van der Waals surface area (Å²) in [5.41, 5.74) is 2.90. The Labute approximate surface area is 148 Å². The van der Waals surface area contributed by atoms with Crippen molar-refractivity contribution < 1.29 is 9.59 Å². The van der Waals surface area contributed by atoms with Crippen LogP contribution in [0.25, 0.3) is 0 Å². The molecule has 0 radical (unpaired) electrons. The molecular weight excluding hydrogens is 312 g/mol. The smallest absolute Gasteiger partial charge is 0.243 e. The molecule has 130 valence electrons. The Morgan fingerprint density at radius 3 is 2.44 bits per heavy atom. The Hall–Kier alpha value is -2.62. The maximum atomic E-state index is 13.4. The van der Waals surface area contributed by atoms with E-state index in [4.69, 9.17) is 0 Å². The van der Waals surface area contributed by atoms with Crippen LogP contribution in [-0.4, -0.2) is 24.4 Å². The van der Waals surface area contributed by atoms with Gasteiger partial charge in [-0.25, -0.2) is 0 Å². The molecule has 25 heavy (non-hydrogen) atoms. The number of hydrogen-bond donors (Lipinski definition) is 1. The molecule has 0 aromatic heterocycles. The van der Waals surface area contributed by atoms with Crippen LogP contribution >= 0.6 is 0 Å². The molecule has 0 bridgehead atoms. The standard InChI is InChI=1S/C21H24N2O2/c1-3-17(15-10-6-5-7-11-15)21(25)23-18-13-9-8-12-16(18)14-19(23)20(24)22-4-2/h5-13,17,19H,3-4,14H2,1-2H3,(H,22,24). The van der Waals surface area contributed by atoms with Gasteiger partial charge in [0.05, 0.1) is 5.92 Å². The molecule has 1 aliphatic heterocycles. The van der Waals surface area contributed by atoms with E-state index in [9.17, 15) is 9.59 Å². The average Bonchev–Trinajstić information content (AvgIpc) is 3.03. The number of para-hydroxylation sites is 1. The zero-order valence-corrected chi connectivity index (χ0v) is 14.7. The van der Waals surface area contributed by atoms with E-state index < -0.39 is 6.04 Å². The van der Waals surface area contributed by atoms with Gasteiger partial charge in [-0.1, -0.05) is 55.5 Å². The molecule has 4 nitrogen and oxygen atoms in total. The van der Waals surface area contributed by atoms with Crippen LogP contribution in [0.4, 0.5) is 5.69 Å². The van der Waals surface area contributed by atoms with Crippen molar-refractivity contribution in [2.75, 3.05) is 11.4 Å². The minimum Gasteiger partial charge on any atom is -0.355 e. The van der Waals surface area contributed by atoms with Crippen molar-refractivity contribution in [1.82, 2.24) is 5.32 Å². The molecule has 0 saturated heterocycles. The van der Waals surface area contributed by atoms with E-state index >= 15 is 0 Å². The molecule has 3 rings (SSSR count). The predicted molar refractivity (Wildman–Crippen MR) is 99.6 cm³/mol. The summed E-state index contributed by atoms with van der Waals surface area (Å²) in [7, 11) is 0. The average molecular weight is 336 g/mol. The first-order valence-electron chi connectivity index (χ1n) is 8.91. The van der Waals surface area contributed by atoms with Gasteiger partial charge in [-0.2, -0.15) is 0 Å². The van der Waals surface area contributed by atoms with E-state index in [0.717, 1.165) is 16.8 Å². The van der Waals surface area contributed by atoms with Crippen LogP contribution in [0.3, 0.4) is 0 Å². The van der Waals surface area contributed by atoms with Gasteiger partial charge in [0.1, 0.15) is 6.04 Å². The largest absolute Gasteiger partial charge is 0.355 e. The summed E-state index contributed by atoms with van der Waals surface area (Å²) >= 11 is 0. The summed E-state index contributed by atoms with van der Waals surface area (Å²) in [4.78, 5) is 27.7. The van der Waals surface area contributed by atoms with E-state index in [1.165, 1.54) is 0 Å². The highest BCUT2D eigenvalue weighted by atomic mass is 16.2. The number of carbonyl (C=O) groups excluding carboxylic acids is 2. The highest BCUT2D eigenvalue weighted by Crippen LogP contribution is 2.35. The Morgan fingerprint density at radius 1 is 1.08 bits per heavy atom. The maximum absolute atomic E-state index is 13.4. The van der Waals surface area contributed by atoms with Gasteiger partial charge in [-0.15, -0.1) is 0 Å². The van der Waals surface area contributed by atoms with Gasteiger partial charge in [-0.05, 0) is 30.5 Å². The Bertz CT molecular complexity index is 758. The van der Waals surface area contributed by atoms with Crippen LogP contribution in [0, 0.1) is 0 Å². The first-order valence-corrected chi connectivity index (χ1v) is 8.91. The number of rotatable bonds is 5. The molecule has 0 spiro atoms. The van der Waals surface area contributed by atoms with Crippen molar-refractivity contribution in [3.8, 4) is 0 Å². The minimum absolute atomic E-state index is 0.00472. The second-order valence-electron chi connectivity index (χ2n) is 6.32. The van der Waals surface area contributed by atoms with E-state index in [2.05, 4.69) is 5.32 Å². The molecule has 2 atom stereocenters. The van der Waals surface area contributed by atoms with E-state index in [-0.39, 0.29) is 17.7 Å². The summed E-state index contributed by atoms with van der Waals surface area (Å²) < 4.78 is 0. The molecule has 1 heterocycles. The molecule has 0 aliphatic carbocycles. The summed E-state index contributed by atoms with van der Waals surface area (Å²) in [5, 5.41) is 2.87. The lowest BCUT2D eigenvalue weighted by Gasteiger charge is -2.28. The fraction of sp³-hybridized carbons (Fsp3) is 0.333. The summed E-state index contributed by atoms with van der Waals surface area (Å²) in [6.45, 7) is 4.47. The van der Waals surface area contributed by atoms with Gasteiger partial charge < -0.3 is 5.32 Å². The van der Waals surface area contributed by atoms with Gasteiger partial charge in [-0.3, -0.25) is 14.5 Å². The Morgan fingerprint density at radius 2 is 1.76 bits per heavy atom. The van der Waals surface area contributed by atoms with Crippen molar-refractivity contribution in [3.05, 3.63) is 65.7 Å². The lowest BCUT2D eigenvalue weighted by molar-refractivity contribution is -0.126. The van der Waals surface area contributed by atoms with Crippen LogP contribution in [0.2, 0.25) is 0 Å². The second-order valence-corrected chi connectivity index (χ2v) is 6.32. The van der Waals surface area contributed by atoms with E-state index in [1.54, 1.807) is 4.90 Å². The molecule has 0 saturated carbocycles. The molecule has 4 heteroatoms. The molecule has 2 amide bonds. The summed E-state index contributed by atoms with van der Waals surface area (Å²) in [6.07, 6.45) is 1.27. The zero-order valence-electron chi connectivity index (χ0n) is 14.7. The molecule has 2 unspecified atom stereocenters. The number of likely N-dealkylation sites (N-methyl/N-ethyl adjacent to an activating group) is 1. The fourth-order valence-corrected chi connectivity index (χ4v) is 3.57. The van der Waals surface area contributed by atoms with Crippen molar-refractivity contribution >= 4 is 17.5 Å². The molecule has 1 N–H and O–H groups in total. The van der Waals surface area contributed by atoms with E-state index in [0.29, 0.717) is 19.4 Å². The Kier molecular flexibility index (Phi) is 5.17. The van der Waals surface area contributed by atoms with Crippen molar-refractivity contribution in [2.45, 2.75) is 38.6 Å². The van der Waals surface area contributed by atoms with Crippen LogP contribution in [0.15, 0.2) is 54.6 Å². The van der Waals surface area contributed by atoms with Crippen molar-refractivity contribution in [1.29, 1.82) is 0 Å². The highest BCUT2D eigenvalue weighted by molar-refractivity contribution is 6.06. The minimum atomic E-state index is -0.470. The quantitative estimate of drug-likeness (QED) is 0.911. The number of nitrogens with zero attached hydrogens (tertiary/aromatic N) is 1. The maximum Gasteiger partial charge on any atom is 0.243 e. The topological polar surface area (TPSA) is 49.4 Å². The third-order valence-corrected chi connectivity index (χ3v) is 4.78. The zero-order chi connectivity index (χ0) is 17.8. The number of nitrogens with one attached hydrogen (secondary N) is 1. The number of benzene rings is 2. The van der Waals surface area contributed by atoms with Crippen LogP contribution in [0.5, 0.6) is 0 Å². The molecule has 2 aromatic carbocycles. The summed E-state index contributed by atoms with van der Waals surface area (Å²) in [6, 6.07) is 17.1. The third kappa shape index (κ3) is 3.29. The number of fused-ring (bicyclic) bond motifs is 1. The normalized spacial score (nSPS) is 17.0. The van der Waals surface area contributed by atoms with Crippen LogP contribution in [-0.2, 0) is 16.0 Å². The lowest BCUT2D eigenvalue weighted by Crippen LogP contribution is -2.49. The highest BCUT2D eigenvalue weighted by Gasteiger charge is 2.40. The fourth-order valence-electron chi connectivity index (χ4n) is 3.57. The number of amides is 2. The van der Waals surface area contributed by atoms with Gasteiger partial charge in [0.2, 0.25) is 11.8 Å². The first-order chi connectivity index (χ1) is 12.2. The third-order valence-electron chi connectivity index (χ3n) is 4.78. The number of hydrogen-bond acceptors (Lipinski definition) is 2. The van der Waals surface area contributed by atoms with Gasteiger partial charge >= 0.3 is 0 Å². The van der Waals surface area contributed by atoms with Gasteiger partial charge in [0.15, 0.2) is 0 Å². The number of carbonyl (C=O) groups is 2. The molecule has 2 aromatic rings. The second kappa shape index (κ2) is 7.51. The van der Waals surface area contributed by atoms with Crippen molar-refractivity contribution in [3.63, 3.8) is 0 Å². The Balaban J connectivity index is 1.98. The van der Waals surface area contributed by atoms with Crippen molar-refractivity contribution in [2.24, 2.45) is 0 Å². The van der Waals surface area contributed by atoms with Crippen LogP contribution < -0.4 is 10.2 Å². The first kappa shape index (κ1) is 17.2. The molecule has 1 aliphatic rings. The molecular formula is C21H24N2O2. The molecule has 0 fully saturated rings. The van der Waals surface area contributed by atoms with Gasteiger partial charge in [0.25, 0.3) is 0 Å². The summed E-state index contributed by atoms with van der Waals surface area (Å²) in [5.74, 6) is -0.339. The monoisotopic (exact) mass is 336 g/mol. The number of anilines is 1. The van der Waals surface area contributed by atoms with E-state index in [1.807, 2.05) is 68.4 Å². The predicted octanol–water partition coefficient (Wildman–Crippen LogP) is 3.27.